The summed E-state index contributed by atoms with van der Waals surface area (Å²) >= 11 is 0. The van der Waals surface area contributed by atoms with Gasteiger partial charge in [-0.2, -0.15) is 4.98 Å². The Bertz CT molecular complexity index is 883. The van der Waals surface area contributed by atoms with E-state index < -0.39 is 0 Å². The molecule has 0 saturated carbocycles. The Hall–Kier alpha value is -4.29. The first-order valence-corrected chi connectivity index (χ1v) is 7.68. The molecule has 2 aromatic heterocycles. The van der Waals surface area contributed by atoms with E-state index in [2.05, 4.69) is 35.1 Å². The van der Waals surface area contributed by atoms with Crippen LogP contribution in [0, 0.1) is 6.33 Å². The van der Waals surface area contributed by atoms with Crippen LogP contribution < -0.4 is 20.9 Å². The van der Waals surface area contributed by atoms with Gasteiger partial charge in [-0.3, -0.25) is 0 Å². The molecule has 0 spiro atoms. The number of ether oxygens (including phenoxy) is 2. The fourth-order valence-corrected chi connectivity index (χ4v) is 2.41. The Morgan fingerprint density at radius 1 is 1.15 bits per heavy atom. The van der Waals surface area contributed by atoms with Gasteiger partial charge in [-0.1, -0.05) is 26.2 Å². The van der Waals surface area contributed by atoms with Crippen LogP contribution in [0.3, 0.4) is 0 Å². The van der Waals surface area contributed by atoms with E-state index in [1.54, 1.807) is 24.1 Å². The van der Waals surface area contributed by atoms with Crippen molar-refractivity contribution in [2.75, 3.05) is 18.6 Å². The summed E-state index contributed by atoms with van der Waals surface area (Å²) < 4.78 is 13.2. The van der Waals surface area contributed by atoms with E-state index in [1.807, 2.05) is 12.1 Å². The summed E-state index contributed by atoms with van der Waals surface area (Å²) in [4.78, 5) is 11.8. The third-order valence-electron chi connectivity index (χ3n) is 3.67. The molecule has 0 amide bonds. The van der Waals surface area contributed by atoms with Crippen LogP contribution in [0.15, 0.2) is 30.7 Å². The van der Waals surface area contributed by atoms with E-state index in [4.69, 9.17) is 20.9 Å². The zero-order valence-corrected chi connectivity index (χ0v) is 21.5. The van der Waals surface area contributed by atoms with Crippen molar-refractivity contribution in [2.45, 2.75) is 19.8 Å². The minimum Gasteiger partial charge on any atom is -0.504 e. The van der Waals surface area contributed by atoms with Crippen molar-refractivity contribution in [1.82, 2.24) is 19.5 Å². The van der Waals surface area contributed by atoms with E-state index in [9.17, 15) is 0 Å². The van der Waals surface area contributed by atoms with Gasteiger partial charge in [0.2, 0.25) is 5.95 Å². The van der Waals surface area contributed by atoms with Crippen molar-refractivity contribution in [2.24, 2.45) is 0 Å². The van der Waals surface area contributed by atoms with E-state index >= 15 is 0 Å². The normalized spacial score (nSPS) is 10.5. The van der Waals surface area contributed by atoms with Crippen LogP contribution in [0.2, 0.25) is 0 Å². The fourth-order valence-electron chi connectivity index (χ4n) is 2.41. The van der Waals surface area contributed by atoms with Crippen LogP contribution in [0.4, 0.5) is 11.8 Å². The van der Waals surface area contributed by atoms with Gasteiger partial charge in [0.05, 0.1) is 13.3 Å². The second-order valence-corrected chi connectivity index (χ2v) is 5.69. The van der Waals surface area contributed by atoms with Crippen LogP contribution in [0.5, 0.6) is 17.2 Å². The molecule has 3 aromatic rings. The van der Waals surface area contributed by atoms with Crippen molar-refractivity contribution in [1.29, 1.82) is 0 Å². The van der Waals surface area contributed by atoms with Gasteiger partial charge in [-0.25, -0.2) is 4.98 Å². The third-order valence-corrected chi connectivity index (χ3v) is 3.67. The molecule has 0 saturated heterocycles. The topological polar surface area (TPSA) is 114 Å². The molecule has 1 aromatic carbocycles. The Morgan fingerprint density at radius 2 is 1.92 bits per heavy atom. The summed E-state index contributed by atoms with van der Waals surface area (Å²) in [6, 6.07) is 3.78. The Labute approximate surface area is 145 Å². The molecule has 9 heteroatoms. The van der Waals surface area contributed by atoms with Gasteiger partial charge in [0.25, 0.3) is 0 Å². The number of nitrogens with zero attached hydrogens (tertiary/aromatic N) is 4. The number of benzene rings is 1. The predicted molar refractivity (Wildman–Crippen MR) is 94.0 cm³/mol. The van der Waals surface area contributed by atoms with Crippen LogP contribution >= 0.6 is 0 Å². The molecule has 0 aliphatic heterocycles. The van der Waals surface area contributed by atoms with Crippen LogP contribution in [0.1, 0.15) is 25.3 Å². The minimum atomic E-state index is 0. The second kappa shape index (κ2) is 7.08. The summed E-state index contributed by atoms with van der Waals surface area (Å²) in [5.74, 6) is 2.11. The number of nitrogen functional groups attached to an aromatic ring is 2. The molecule has 0 radical (unpaired) electrons. The molecule has 0 atom stereocenters. The molecular weight excluding hydrogens is 589 g/mol. The molecule has 0 aliphatic rings. The average molecular weight is 608 g/mol. The van der Waals surface area contributed by atoms with Crippen LogP contribution in [-0.2, 0) is 0 Å². The first-order chi connectivity index (χ1) is 12.0. The Morgan fingerprint density at radius 3 is 2.50 bits per heavy atom. The standard InChI is InChI=1S/C17H19N6O2.Hs/c1-10(2)11-6-14(24-3)12(23-5-4-20-9-23)7-13(11)25-15-8-21-17(19)22-16(15)18;/h4-8,10H,1-3H3,(H4,18,19,21,22);/q-1;. The van der Waals surface area contributed by atoms with E-state index in [0.717, 1.165) is 11.3 Å². The number of anilines is 2. The Kier molecular flexibility index (Phi) is 4.92. The first-order valence-electron chi connectivity index (χ1n) is 7.68. The van der Waals surface area contributed by atoms with Crippen molar-refractivity contribution < 1.29 is 9.47 Å². The van der Waals surface area contributed by atoms with Crippen LogP contribution in [-0.4, -0.2) is 26.6 Å². The molecular formula is C17H19HsN6O2-. The molecule has 3 rings (SSSR count). The molecule has 0 aliphatic carbocycles. The number of nitrogens with two attached hydrogens (primary N) is 2. The second-order valence-electron chi connectivity index (χ2n) is 5.69. The van der Waals surface area contributed by atoms with E-state index in [-0.39, 0.29) is 17.7 Å². The van der Waals surface area contributed by atoms with Crippen molar-refractivity contribution in [3.8, 4) is 22.9 Å². The number of hydrogen-bond acceptors (Lipinski definition) is 7. The largest absolute Gasteiger partial charge is 0.504 e. The smallest absolute Gasteiger partial charge is 0.222 e. The van der Waals surface area contributed by atoms with Gasteiger partial charge in [0.15, 0.2) is 11.6 Å². The average Bonchev–Trinajstić information content (AvgIpc) is 3.11. The molecule has 8 nitrogen and oxygen atoms in total. The maximum atomic E-state index is 5.99. The van der Waals surface area contributed by atoms with Crippen LogP contribution in [0.25, 0.3) is 5.69 Å². The van der Waals surface area contributed by atoms with Crippen molar-refractivity contribution in [3.05, 3.63) is 42.6 Å². The van der Waals surface area contributed by atoms with E-state index in [0.29, 0.717) is 17.2 Å². The van der Waals surface area contributed by atoms with Gasteiger partial charge in [-0.15, -0.1) is 0 Å². The number of rotatable bonds is 5. The van der Waals surface area contributed by atoms with E-state index in [1.165, 1.54) is 6.20 Å². The zero-order valence-electron chi connectivity index (χ0n) is 14.9. The third kappa shape index (κ3) is 3.30. The number of aromatic nitrogens is 4. The predicted octanol–water partition coefficient (Wildman–Crippen LogP) is 2.55. The summed E-state index contributed by atoms with van der Waals surface area (Å²) in [7, 11) is 1.62. The summed E-state index contributed by atoms with van der Waals surface area (Å²) in [6.45, 7) is 4.13. The van der Waals surface area contributed by atoms with Gasteiger partial charge in [0, 0.05) is 12.0 Å². The maximum Gasteiger partial charge on any atom is 0.222 e. The molecule has 0 fully saturated rings. The van der Waals surface area contributed by atoms with Crippen molar-refractivity contribution >= 4 is 11.8 Å². The summed E-state index contributed by atoms with van der Waals surface area (Å²) in [5, 5.41) is 0. The number of hydrogen-bond donors (Lipinski definition) is 2. The van der Waals surface area contributed by atoms with Gasteiger partial charge in [0.1, 0.15) is 11.5 Å². The summed E-state index contributed by atoms with van der Waals surface area (Å²) in [6.07, 6.45) is 7.72. The number of methoxy groups -OCH3 is 1. The molecule has 26 heavy (non-hydrogen) atoms. The SMILES string of the molecule is COc1cc(C(C)C)c(Oc2cnc(N)nc2N)cc1-n1[c-]ncc1.[Hs]. The fraction of sp³-hybridized carbons (Fsp3) is 0.235. The zero-order chi connectivity index (χ0) is 18.0. The maximum absolute atomic E-state index is 5.99. The Balaban J connectivity index is 0.00000243. The van der Waals surface area contributed by atoms with Crippen molar-refractivity contribution in [3.63, 3.8) is 0 Å². The molecule has 2 heterocycles. The monoisotopic (exact) mass is 608 g/mol. The van der Waals surface area contributed by atoms with Gasteiger partial charge in [-0.05, 0) is 23.6 Å². The first kappa shape index (κ1) is 18.1. The molecule has 4 N–H and O–H groups in total. The number of imidazole rings is 1. The molecule has 132 valence electrons. The molecule has 0 bridgehead atoms. The minimum absolute atomic E-state index is 0. The van der Waals surface area contributed by atoms with Gasteiger partial charge >= 0.3 is 0 Å². The summed E-state index contributed by atoms with van der Waals surface area (Å²) in [5.41, 5.74) is 13.1. The quantitative estimate of drug-likeness (QED) is 0.429. The van der Waals surface area contributed by atoms with Gasteiger partial charge < -0.3 is 30.5 Å². The molecule has 0 unspecified atom stereocenters.